The first-order chi connectivity index (χ1) is 9.13. The standard InChI is InChI=1S/C14H19N3O2/c1-10-4-2-3-7-17(10)13-6-5-11(14(15)19)8-12(13)16-9-18/h5-6,8-10H,2-4,7H2,1H3,(H2,15,19)(H,16,18). The highest BCUT2D eigenvalue weighted by molar-refractivity contribution is 5.96. The van der Waals surface area contributed by atoms with Gasteiger partial charge in [-0.3, -0.25) is 9.59 Å². The zero-order valence-electron chi connectivity index (χ0n) is 11.1. The summed E-state index contributed by atoms with van der Waals surface area (Å²) in [5, 5.41) is 2.66. The number of amides is 2. The van der Waals surface area contributed by atoms with Gasteiger partial charge in [0, 0.05) is 18.2 Å². The van der Waals surface area contributed by atoms with Crippen molar-refractivity contribution in [3.05, 3.63) is 23.8 Å². The molecule has 1 saturated heterocycles. The van der Waals surface area contributed by atoms with Gasteiger partial charge in [-0.05, 0) is 44.4 Å². The van der Waals surface area contributed by atoms with Crippen LogP contribution in [0, 0.1) is 0 Å². The van der Waals surface area contributed by atoms with Gasteiger partial charge in [-0.1, -0.05) is 0 Å². The van der Waals surface area contributed by atoms with Crippen LogP contribution in [0.3, 0.4) is 0 Å². The zero-order chi connectivity index (χ0) is 13.8. The fourth-order valence-corrected chi connectivity index (χ4v) is 2.57. The molecular weight excluding hydrogens is 242 g/mol. The topological polar surface area (TPSA) is 75.4 Å². The van der Waals surface area contributed by atoms with Gasteiger partial charge in [-0.25, -0.2) is 0 Å². The molecule has 0 aromatic heterocycles. The van der Waals surface area contributed by atoms with Crippen LogP contribution in [0.1, 0.15) is 36.5 Å². The highest BCUT2D eigenvalue weighted by Gasteiger charge is 2.21. The molecule has 1 fully saturated rings. The molecule has 1 aliphatic heterocycles. The largest absolute Gasteiger partial charge is 0.367 e. The van der Waals surface area contributed by atoms with E-state index in [9.17, 15) is 9.59 Å². The van der Waals surface area contributed by atoms with Crippen LogP contribution in [-0.2, 0) is 4.79 Å². The summed E-state index contributed by atoms with van der Waals surface area (Å²) in [4.78, 5) is 24.2. The van der Waals surface area contributed by atoms with E-state index in [1.54, 1.807) is 12.1 Å². The van der Waals surface area contributed by atoms with E-state index in [0.717, 1.165) is 25.1 Å². The van der Waals surface area contributed by atoms with Crippen molar-refractivity contribution in [2.75, 3.05) is 16.8 Å². The summed E-state index contributed by atoms with van der Waals surface area (Å²) in [6.07, 6.45) is 4.13. The third-order valence-electron chi connectivity index (χ3n) is 3.61. The molecule has 3 N–H and O–H groups in total. The fraction of sp³-hybridized carbons (Fsp3) is 0.429. The molecule has 5 heteroatoms. The maximum Gasteiger partial charge on any atom is 0.248 e. The third-order valence-corrected chi connectivity index (χ3v) is 3.61. The first-order valence-corrected chi connectivity index (χ1v) is 6.54. The molecule has 0 bridgehead atoms. The molecule has 1 aromatic rings. The molecule has 1 unspecified atom stereocenters. The van der Waals surface area contributed by atoms with Crippen molar-refractivity contribution >= 4 is 23.7 Å². The molecule has 102 valence electrons. The molecule has 1 atom stereocenters. The van der Waals surface area contributed by atoms with Gasteiger partial charge in [0.15, 0.2) is 0 Å². The van der Waals surface area contributed by atoms with E-state index in [4.69, 9.17) is 5.73 Å². The third kappa shape index (κ3) is 2.86. The van der Waals surface area contributed by atoms with Crippen LogP contribution in [0.25, 0.3) is 0 Å². The van der Waals surface area contributed by atoms with Crippen LogP contribution >= 0.6 is 0 Å². The molecule has 2 amide bonds. The van der Waals surface area contributed by atoms with E-state index in [1.807, 2.05) is 6.07 Å². The SMILES string of the molecule is CC1CCCCN1c1ccc(C(N)=O)cc1NC=O. The molecule has 0 saturated carbocycles. The average molecular weight is 261 g/mol. The normalized spacial score (nSPS) is 19.0. The number of piperidine rings is 1. The number of carbonyl (C=O) groups is 2. The Hall–Kier alpha value is -2.04. The Morgan fingerprint density at radius 2 is 2.26 bits per heavy atom. The lowest BCUT2D eigenvalue weighted by atomic mass is 10.0. The second-order valence-corrected chi connectivity index (χ2v) is 4.90. The summed E-state index contributed by atoms with van der Waals surface area (Å²) in [7, 11) is 0. The van der Waals surface area contributed by atoms with Gasteiger partial charge in [0.2, 0.25) is 12.3 Å². The highest BCUT2D eigenvalue weighted by atomic mass is 16.1. The van der Waals surface area contributed by atoms with Gasteiger partial charge < -0.3 is 16.0 Å². The minimum atomic E-state index is -0.493. The lowest BCUT2D eigenvalue weighted by Gasteiger charge is -2.36. The first kappa shape index (κ1) is 13.4. The number of carbonyl (C=O) groups excluding carboxylic acids is 2. The fourth-order valence-electron chi connectivity index (χ4n) is 2.57. The van der Waals surface area contributed by atoms with E-state index in [-0.39, 0.29) is 0 Å². The smallest absolute Gasteiger partial charge is 0.248 e. The van der Waals surface area contributed by atoms with E-state index < -0.39 is 5.91 Å². The van der Waals surface area contributed by atoms with Gasteiger partial charge in [-0.15, -0.1) is 0 Å². The summed E-state index contributed by atoms with van der Waals surface area (Å²) in [6.45, 7) is 3.14. The van der Waals surface area contributed by atoms with Gasteiger partial charge in [-0.2, -0.15) is 0 Å². The molecule has 1 heterocycles. The molecule has 1 aliphatic rings. The number of nitrogens with two attached hydrogens (primary N) is 1. The molecule has 0 aliphatic carbocycles. The molecule has 1 aromatic carbocycles. The summed E-state index contributed by atoms with van der Waals surface area (Å²) in [5.74, 6) is -0.493. The molecule has 0 radical (unpaired) electrons. The Morgan fingerprint density at radius 1 is 1.47 bits per heavy atom. The number of anilines is 2. The summed E-state index contributed by atoms with van der Waals surface area (Å²) < 4.78 is 0. The number of hydrogen-bond acceptors (Lipinski definition) is 3. The number of hydrogen-bond donors (Lipinski definition) is 2. The Balaban J connectivity index is 2.37. The van der Waals surface area contributed by atoms with Crippen molar-refractivity contribution < 1.29 is 9.59 Å². The van der Waals surface area contributed by atoms with E-state index in [2.05, 4.69) is 17.1 Å². The van der Waals surface area contributed by atoms with Gasteiger partial charge in [0.25, 0.3) is 0 Å². The highest BCUT2D eigenvalue weighted by Crippen LogP contribution is 2.31. The van der Waals surface area contributed by atoms with Crippen molar-refractivity contribution in [2.24, 2.45) is 5.73 Å². The summed E-state index contributed by atoms with van der Waals surface area (Å²) in [6, 6.07) is 5.62. The second-order valence-electron chi connectivity index (χ2n) is 4.90. The monoisotopic (exact) mass is 261 g/mol. The van der Waals surface area contributed by atoms with Crippen LogP contribution in [0.2, 0.25) is 0 Å². The minimum absolute atomic E-state index is 0.401. The number of rotatable bonds is 4. The Labute approximate surface area is 112 Å². The number of primary amides is 1. The van der Waals surface area contributed by atoms with E-state index in [0.29, 0.717) is 23.7 Å². The van der Waals surface area contributed by atoms with E-state index >= 15 is 0 Å². The van der Waals surface area contributed by atoms with Crippen LogP contribution in [0.4, 0.5) is 11.4 Å². The Morgan fingerprint density at radius 3 is 2.89 bits per heavy atom. The van der Waals surface area contributed by atoms with Crippen molar-refractivity contribution in [2.45, 2.75) is 32.2 Å². The van der Waals surface area contributed by atoms with Crippen LogP contribution in [-0.4, -0.2) is 24.9 Å². The molecule has 0 spiro atoms. The second kappa shape index (κ2) is 5.73. The number of nitrogens with zero attached hydrogens (tertiary/aromatic N) is 1. The van der Waals surface area contributed by atoms with Crippen molar-refractivity contribution in [1.82, 2.24) is 0 Å². The molecular formula is C14H19N3O2. The lowest BCUT2D eigenvalue weighted by Crippen LogP contribution is -2.37. The molecule has 5 nitrogen and oxygen atoms in total. The lowest BCUT2D eigenvalue weighted by molar-refractivity contribution is -0.105. The molecule has 2 rings (SSSR count). The minimum Gasteiger partial charge on any atom is -0.367 e. The van der Waals surface area contributed by atoms with Crippen LogP contribution in [0.15, 0.2) is 18.2 Å². The van der Waals surface area contributed by atoms with Gasteiger partial charge in [0.1, 0.15) is 0 Å². The quantitative estimate of drug-likeness (QED) is 0.810. The Bertz CT molecular complexity index is 488. The first-order valence-electron chi connectivity index (χ1n) is 6.54. The molecule has 19 heavy (non-hydrogen) atoms. The van der Waals surface area contributed by atoms with Crippen molar-refractivity contribution in [1.29, 1.82) is 0 Å². The van der Waals surface area contributed by atoms with Crippen LogP contribution < -0.4 is 16.0 Å². The van der Waals surface area contributed by atoms with Crippen molar-refractivity contribution in [3.8, 4) is 0 Å². The van der Waals surface area contributed by atoms with Crippen LogP contribution in [0.5, 0.6) is 0 Å². The average Bonchev–Trinajstić information content (AvgIpc) is 2.40. The van der Waals surface area contributed by atoms with E-state index in [1.165, 1.54) is 6.42 Å². The zero-order valence-corrected chi connectivity index (χ0v) is 11.1. The summed E-state index contributed by atoms with van der Waals surface area (Å²) in [5.41, 5.74) is 7.25. The van der Waals surface area contributed by atoms with Crippen molar-refractivity contribution in [3.63, 3.8) is 0 Å². The predicted molar refractivity (Wildman–Crippen MR) is 75.3 cm³/mol. The van der Waals surface area contributed by atoms with Gasteiger partial charge >= 0.3 is 0 Å². The number of nitrogens with one attached hydrogen (secondary N) is 1. The summed E-state index contributed by atoms with van der Waals surface area (Å²) >= 11 is 0. The predicted octanol–water partition coefficient (Wildman–Crippen LogP) is 1.73. The maximum atomic E-state index is 11.2. The Kier molecular flexibility index (Phi) is 4.04. The maximum absolute atomic E-state index is 11.2. The van der Waals surface area contributed by atoms with Gasteiger partial charge in [0.05, 0.1) is 11.4 Å². The number of benzene rings is 1.